The van der Waals surface area contributed by atoms with E-state index in [1.807, 2.05) is 0 Å². The van der Waals surface area contributed by atoms with Crippen molar-refractivity contribution < 1.29 is 27.5 Å². The van der Waals surface area contributed by atoms with Gasteiger partial charge in [0.2, 0.25) is 5.91 Å². The molecular weight excluding hydrogens is 425 g/mol. The fraction of sp³-hybridized carbons (Fsp3) is 0.435. The highest BCUT2D eigenvalue weighted by Gasteiger charge is 2.36. The molecule has 0 spiro atoms. The van der Waals surface area contributed by atoms with Gasteiger partial charge in [0.15, 0.2) is 11.5 Å². The third-order valence-electron chi connectivity index (χ3n) is 6.03. The van der Waals surface area contributed by atoms with Gasteiger partial charge in [0.05, 0.1) is 5.56 Å². The lowest BCUT2D eigenvalue weighted by atomic mass is 10.1. The van der Waals surface area contributed by atoms with Crippen LogP contribution in [0, 0.1) is 0 Å². The third-order valence-corrected chi connectivity index (χ3v) is 6.03. The van der Waals surface area contributed by atoms with E-state index in [0.717, 1.165) is 25.0 Å². The zero-order chi connectivity index (χ0) is 23.0. The summed E-state index contributed by atoms with van der Waals surface area (Å²) in [5.74, 6) is -0.472. The van der Waals surface area contributed by atoms with E-state index in [1.54, 1.807) is 4.90 Å². The average Bonchev–Trinajstić information content (AvgIpc) is 3.43. The van der Waals surface area contributed by atoms with Crippen molar-refractivity contribution in [2.24, 2.45) is 0 Å². The molecule has 1 atom stereocenters. The summed E-state index contributed by atoms with van der Waals surface area (Å²) in [5, 5.41) is 0. The minimum Gasteiger partial charge on any atom is -0.483 e. The van der Waals surface area contributed by atoms with Gasteiger partial charge in [0, 0.05) is 24.3 Å². The molecule has 4 rings (SSSR count). The van der Waals surface area contributed by atoms with Crippen LogP contribution in [0.3, 0.4) is 0 Å². The van der Waals surface area contributed by atoms with Crippen molar-refractivity contribution in [1.29, 1.82) is 0 Å². The Labute approximate surface area is 182 Å². The second kappa shape index (κ2) is 8.44. The molecule has 1 amide bonds. The smallest absolute Gasteiger partial charge is 0.416 e. The quantitative estimate of drug-likeness (QED) is 0.654. The standard InChI is InChI=1S/C23H23F3N2O4/c1-14(29)17-12-20(32-13-15-4-6-16(7-5-15)23(24,25)26)22(31)28-18(17)8-9-19(28)21(30)27-10-2-3-11-27/h4-7,12,19H,2-3,8-11,13H2,1H3/t19-/m0/s1. The number of carbonyl (C=O) groups is 2. The molecule has 3 heterocycles. The summed E-state index contributed by atoms with van der Waals surface area (Å²) >= 11 is 0. The van der Waals surface area contributed by atoms with Gasteiger partial charge in [-0.2, -0.15) is 13.2 Å². The van der Waals surface area contributed by atoms with E-state index >= 15 is 0 Å². The molecule has 1 aromatic carbocycles. The van der Waals surface area contributed by atoms with E-state index in [0.29, 0.717) is 42.8 Å². The highest BCUT2D eigenvalue weighted by molar-refractivity contribution is 5.96. The van der Waals surface area contributed by atoms with Crippen LogP contribution in [0.25, 0.3) is 0 Å². The van der Waals surface area contributed by atoms with Gasteiger partial charge in [-0.1, -0.05) is 12.1 Å². The molecule has 0 unspecified atom stereocenters. The molecule has 1 fully saturated rings. The van der Waals surface area contributed by atoms with E-state index in [4.69, 9.17) is 4.74 Å². The normalized spacial score (nSPS) is 18.0. The summed E-state index contributed by atoms with van der Waals surface area (Å²) in [4.78, 5) is 40.2. The lowest BCUT2D eigenvalue weighted by molar-refractivity contribution is -0.137. The molecule has 6 nitrogen and oxygen atoms in total. The maximum Gasteiger partial charge on any atom is 0.416 e. The SMILES string of the molecule is CC(=O)c1cc(OCc2ccc(C(F)(F)F)cc2)c(=O)n2c1CC[C@H]2C(=O)N1CCCC1. The highest BCUT2D eigenvalue weighted by Crippen LogP contribution is 2.32. The number of amides is 1. The number of pyridine rings is 1. The van der Waals surface area contributed by atoms with Gasteiger partial charge in [0.25, 0.3) is 5.56 Å². The number of likely N-dealkylation sites (tertiary alicyclic amines) is 1. The number of benzene rings is 1. The largest absolute Gasteiger partial charge is 0.483 e. The summed E-state index contributed by atoms with van der Waals surface area (Å²) in [6, 6.07) is 5.14. The van der Waals surface area contributed by atoms with Crippen LogP contribution in [0.4, 0.5) is 13.2 Å². The number of hydrogen-bond donors (Lipinski definition) is 0. The second-order valence-electron chi connectivity index (χ2n) is 8.17. The van der Waals surface area contributed by atoms with Gasteiger partial charge in [-0.3, -0.25) is 19.0 Å². The van der Waals surface area contributed by atoms with E-state index in [-0.39, 0.29) is 24.0 Å². The first-order valence-electron chi connectivity index (χ1n) is 10.5. The second-order valence-corrected chi connectivity index (χ2v) is 8.17. The zero-order valence-electron chi connectivity index (χ0n) is 17.6. The molecule has 0 aliphatic carbocycles. The Morgan fingerprint density at radius 2 is 1.78 bits per heavy atom. The van der Waals surface area contributed by atoms with Gasteiger partial charge in [-0.25, -0.2) is 0 Å². The fourth-order valence-electron chi connectivity index (χ4n) is 4.38. The van der Waals surface area contributed by atoms with Crippen molar-refractivity contribution in [3.8, 4) is 5.75 Å². The molecule has 2 aliphatic heterocycles. The number of aromatic nitrogens is 1. The van der Waals surface area contributed by atoms with Crippen molar-refractivity contribution in [1.82, 2.24) is 9.47 Å². The summed E-state index contributed by atoms with van der Waals surface area (Å²) < 4.78 is 45.2. The molecule has 0 bridgehead atoms. The molecule has 0 radical (unpaired) electrons. The Morgan fingerprint density at radius 1 is 1.12 bits per heavy atom. The predicted octanol–water partition coefficient (Wildman–Crippen LogP) is 3.76. The third kappa shape index (κ3) is 4.16. The van der Waals surface area contributed by atoms with Crippen LogP contribution in [0.2, 0.25) is 0 Å². The molecule has 2 aromatic rings. The molecule has 1 aromatic heterocycles. The van der Waals surface area contributed by atoms with E-state index in [9.17, 15) is 27.6 Å². The first-order valence-corrected chi connectivity index (χ1v) is 10.5. The first-order chi connectivity index (χ1) is 15.2. The number of ketones is 1. The Morgan fingerprint density at radius 3 is 2.38 bits per heavy atom. The van der Waals surface area contributed by atoms with Crippen LogP contribution in [0.5, 0.6) is 5.75 Å². The van der Waals surface area contributed by atoms with Crippen LogP contribution in [0.1, 0.15) is 59.4 Å². The average molecular weight is 448 g/mol. The maximum absolute atomic E-state index is 13.2. The molecule has 0 N–H and O–H groups in total. The summed E-state index contributed by atoms with van der Waals surface area (Å²) in [7, 11) is 0. The Kier molecular flexibility index (Phi) is 5.83. The Bertz CT molecular complexity index is 1100. The van der Waals surface area contributed by atoms with Crippen LogP contribution in [-0.4, -0.2) is 34.2 Å². The van der Waals surface area contributed by atoms with E-state index in [1.165, 1.54) is 29.7 Å². The summed E-state index contributed by atoms with van der Waals surface area (Å²) in [5.41, 5.74) is 0.00979. The number of ether oxygens (including phenoxy) is 1. The van der Waals surface area contributed by atoms with Gasteiger partial charge in [-0.15, -0.1) is 0 Å². The van der Waals surface area contributed by atoms with Crippen molar-refractivity contribution >= 4 is 11.7 Å². The van der Waals surface area contributed by atoms with Crippen LogP contribution in [0.15, 0.2) is 35.1 Å². The van der Waals surface area contributed by atoms with Crippen molar-refractivity contribution in [2.75, 3.05) is 13.1 Å². The number of hydrogen-bond acceptors (Lipinski definition) is 4. The topological polar surface area (TPSA) is 68.6 Å². The molecule has 0 saturated carbocycles. The number of Topliss-reactive ketones (excluding diaryl/α,β-unsaturated/α-hetero) is 1. The molecule has 9 heteroatoms. The lowest BCUT2D eigenvalue weighted by Crippen LogP contribution is -2.38. The van der Waals surface area contributed by atoms with Crippen LogP contribution < -0.4 is 10.3 Å². The minimum absolute atomic E-state index is 0.0973. The van der Waals surface area contributed by atoms with Gasteiger partial charge in [0.1, 0.15) is 12.6 Å². The highest BCUT2D eigenvalue weighted by atomic mass is 19.4. The molecule has 1 saturated heterocycles. The summed E-state index contributed by atoms with van der Waals surface area (Å²) in [6.45, 7) is 2.55. The number of halogens is 3. The lowest BCUT2D eigenvalue weighted by Gasteiger charge is -2.22. The predicted molar refractivity (Wildman–Crippen MR) is 110 cm³/mol. The number of alkyl halides is 3. The fourth-order valence-corrected chi connectivity index (χ4v) is 4.38. The van der Waals surface area contributed by atoms with Gasteiger partial charge in [-0.05, 0) is 56.4 Å². The zero-order valence-corrected chi connectivity index (χ0v) is 17.6. The number of fused-ring (bicyclic) bond motifs is 1. The van der Waals surface area contributed by atoms with Gasteiger partial charge < -0.3 is 9.64 Å². The monoisotopic (exact) mass is 448 g/mol. The van der Waals surface area contributed by atoms with Crippen LogP contribution >= 0.6 is 0 Å². The van der Waals surface area contributed by atoms with Crippen LogP contribution in [-0.2, 0) is 24.0 Å². The Balaban J connectivity index is 1.63. The van der Waals surface area contributed by atoms with Crippen molar-refractivity contribution in [3.05, 3.63) is 63.1 Å². The summed E-state index contributed by atoms with van der Waals surface area (Å²) in [6.07, 6.45) is -1.71. The first kappa shape index (κ1) is 22.1. The van der Waals surface area contributed by atoms with Gasteiger partial charge >= 0.3 is 6.18 Å². The molecule has 2 aliphatic rings. The van der Waals surface area contributed by atoms with Crippen molar-refractivity contribution in [3.63, 3.8) is 0 Å². The molecule has 170 valence electrons. The van der Waals surface area contributed by atoms with Crippen molar-refractivity contribution in [2.45, 2.75) is 51.4 Å². The van der Waals surface area contributed by atoms with E-state index in [2.05, 4.69) is 0 Å². The Hall–Kier alpha value is -3.10. The molecule has 32 heavy (non-hydrogen) atoms. The number of nitrogens with zero attached hydrogens (tertiary/aromatic N) is 2. The van der Waals surface area contributed by atoms with E-state index < -0.39 is 23.3 Å². The maximum atomic E-state index is 13.2. The number of rotatable bonds is 5. The number of carbonyl (C=O) groups excluding carboxylic acids is 2. The molecular formula is C23H23F3N2O4. The minimum atomic E-state index is -4.44.